The van der Waals surface area contributed by atoms with E-state index in [2.05, 4.69) is 14.8 Å². The standard InChI is InChI=1S/C9H6O3.3CH3.Sn/c10-7-3-1-6-2-4-9(11)12-8(6)5-7;;;;/h1-5,10H;3*1H3;. The fourth-order valence-electron chi connectivity index (χ4n) is 1.05. The van der Waals surface area contributed by atoms with Gasteiger partial charge in [-0.3, -0.25) is 0 Å². The Bertz CT molecular complexity index is 514. The van der Waals surface area contributed by atoms with Gasteiger partial charge in [0, 0.05) is 17.5 Å². The Balaban J connectivity index is 0.000000280. The molecule has 0 fully saturated rings. The van der Waals surface area contributed by atoms with E-state index in [0.29, 0.717) is 5.58 Å². The zero-order valence-electron chi connectivity index (χ0n) is 9.65. The van der Waals surface area contributed by atoms with E-state index in [1.54, 1.807) is 18.2 Å². The third-order valence-electron chi connectivity index (χ3n) is 1.61. The van der Waals surface area contributed by atoms with E-state index in [4.69, 9.17) is 9.52 Å². The summed E-state index contributed by atoms with van der Waals surface area (Å²) in [5.74, 6) is 0.0943. The van der Waals surface area contributed by atoms with E-state index >= 15 is 0 Å². The predicted molar refractivity (Wildman–Crippen MR) is 67.5 cm³/mol. The molecule has 85 valence electrons. The second-order valence-electron chi connectivity index (χ2n) is 3.98. The summed E-state index contributed by atoms with van der Waals surface area (Å²) in [6.07, 6.45) is 0. The first-order valence-electron chi connectivity index (χ1n) is 4.98. The van der Waals surface area contributed by atoms with Crippen LogP contribution in [0.2, 0.25) is 14.8 Å². The molecule has 1 heterocycles. The Hall–Kier alpha value is -0.971. The van der Waals surface area contributed by atoms with E-state index in [0.717, 1.165) is 5.39 Å². The second kappa shape index (κ2) is 5.94. The Morgan fingerprint density at radius 2 is 1.69 bits per heavy atom. The summed E-state index contributed by atoms with van der Waals surface area (Å²) < 4.78 is 4.83. The van der Waals surface area contributed by atoms with Gasteiger partial charge in [0.1, 0.15) is 11.3 Å². The molecule has 2 aromatic rings. The molecular formula is C12H15O3Sn. The van der Waals surface area contributed by atoms with Crippen LogP contribution in [-0.2, 0) is 0 Å². The van der Waals surface area contributed by atoms with Crippen molar-refractivity contribution in [2.75, 3.05) is 0 Å². The maximum atomic E-state index is 10.7. The molecule has 3 nitrogen and oxygen atoms in total. The van der Waals surface area contributed by atoms with Crippen LogP contribution in [0.15, 0.2) is 39.5 Å². The Morgan fingerprint density at radius 1 is 1.12 bits per heavy atom. The zero-order valence-corrected chi connectivity index (χ0v) is 12.5. The molecule has 16 heavy (non-hydrogen) atoms. The summed E-state index contributed by atoms with van der Waals surface area (Å²) >= 11 is -0.543. The van der Waals surface area contributed by atoms with Gasteiger partial charge in [-0.1, -0.05) is 0 Å². The van der Waals surface area contributed by atoms with Crippen LogP contribution in [0, 0.1) is 0 Å². The van der Waals surface area contributed by atoms with Gasteiger partial charge in [0.2, 0.25) is 0 Å². The second-order valence-corrected chi connectivity index (χ2v) is 12.5. The summed E-state index contributed by atoms with van der Waals surface area (Å²) in [5, 5.41) is 9.86. The van der Waals surface area contributed by atoms with Gasteiger partial charge in [0.05, 0.1) is 0 Å². The van der Waals surface area contributed by atoms with Gasteiger partial charge in [-0.25, -0.2) is 4.79 Å². The molecule has 0 aliphatic heterocycles. The van der Waals surface area contributed by atoms with Crippen molar-refractivity contribution in [3.05, 3.63) is 40.8 Å². The zero-order chi connectivity index (χ0) is 12.1. The summed E-state index contributed by atoms with van der Waals surface area (Å²) in [7, 11) is 0. The maximum absolute atomic E-state index is 10.7. The molecule has 1 radical (unpaired) electrons. The number of fused-ring (bicyclic) bond motifs is 1. The fraction of sp³-hybridized carbons (Fsp3) is 0.250. The summed E-state index contributed by atoms with van der Waals surface area (Å²) in [4.78, 5) is 17.8. The molecule has 0 unspecified atom stereocenters. The van der Waals surface area contributed by atoms with Crippen LogP contribution in [0.5, 0.6) is 5.75 Å². The first kappa shape index (κ1) is 13.1. The molecule has 4 heteroatoms. The molecule has 1 aromatic heterocycles. The van der Waals surface area contributed by atoms with Crippen molar-refractivity contribution in [1.82, 2.24) is 0 Å². The van der Waals surface area contributed by atoms with Crippen LogP contribution in [0.4, 0.5) is 0 Å². The van der Waals surface area contributed by atoms with Crippen molar-refractivity contribution in [2.45, 2.75) is 14.8 Å². The van der Waals surface area contributed by atoms with Gasteiger partial charge < -0.3 is 9.52 Å². The van der Waals surface area contributed by atoms with Crippen molar-refractivity contribution >= 4 is 30.7 Å². The molecule has 1 N–H and O–H groups in total. The molecule has 0 amide bonds. The van der Waals surface area contributed by atoms with Gasteiger partial charge >= 0.3 is 40.2 Å². The molecule has 0 saturated heterocycles. The molecule has 0 bridgehead atoms. The van der Waals surface area contributed by atoms with Crippen LogP contribution in [0.1, 0.15) is 0 Å². The fourth-order valence-corrected chi connectivity index (χ4v) is 1.05. The molecule has 0 atom stereocenters. The Labute approximate surface area is 101 Å². The number of rotatable bonds is 0. The van der Waals surface area contributed by atoms with Crippen LogP contribution in [0.3, 0.4) is 0 Å². The molecule has 0 saturated carbocycles. The number of phenols is 1. The summed E-state index contributed by atoms with van der Waals surface area (Å²) in [6, 6.07) is 7.65. The third kappa shape index (κ3) is 4.26. The molecule has 0 aliphatic rings. The number of phenolic OH excluding ortho intramolecular Hbond substituents is 1. The van der Waals surface area contributed by atoms with Crippen molar-refractivity contribution in [3.8, 4) is 5.75 Å². The molecule has 2 rings (SSSR count). The van der Waals surface area contributed by atoms with Crippen molar-refractivity contribution < 1.29 is 9.52 Å². The number of aromatic hydroxyl groups is 1. The number of hydrogen-bond acceptors (Lipinski definition) is 3. The minimum atomic E-state index is -0.543. The van der Waals surface area contributed by atoms with Gasteiger partial charge in [0.15, 0.2) is 0 Å². The molecular weight excluding hydrogens is 311 g/mol. The summed E-state index contributed by atoms with van der Waals surface area (Å²) in [5.41, 5.74) is -0.00407. The van der Waals surface area contributed by atoms with Crippen molar-refractivity contribution in [1.29, 1.82) is 0 Å². The molecule has 0 aliphatic carbocycles. The first-order valence-corrected chi connectivity index (χ1v) is 13.5. The average Bonchev–Trinajstić information content (AvgIpc) is 2.15. The summed E-state index contributed by atoms with van der Waals surface area (Å²) in [6.45, 7) is 0. The molecule has 1 aromatic carbocycles. The number of benzene rings is 1. The quantitative estimate of drug-likeness (QED) is 0.598. The van der Waals surface area contributed by atoms with Crippen LogP contribution in [-0.4, -0.2) is 24.9 Å². The SMILES string of the molecule is O=c1ccc2ccc(O)cc2o1.[CH3][Sn]([CH3])[CH3]. The Morgan fingerprint density at radius 3 is 2.31 bits per heavy atom. The third-order valence-corrected chi connectivity index (χ3v) is 1.61. The minimum absolute atomic E-state index is 0.0943. The normalized spacial score (nSPS) is 10.0. The average molecular weight is 326 g/mol. The van der Waals surface area contributed by atoms with Crippen molar-refractivity contribution in [3.63, 3.8) is 0 Å². The van der Waals surface area contributed by atoms with Crippen LogP contribution < -0.4 is 5.63 Å². The van der Waals surface area contributed by atoms with E-state index in [1.165, 1.54) is 12.1 Å². The number of hydrogen-bond donors (Lipinski definition) is 1. The van der Waals surface area contributed by atoms with Crippen LogP contribution in [0.25, 0.3) is 11.0 Å². The van der Waals surface area contributed by atoms with E-state index in [9.17, 15) is 4.79 Å². The van der Waals surface area contributed by atoms with E-state index in [-0.39, 0.29) is 5.75 Å². The van der Waals surface area contributed by atoms with Crippen molar-refractivity contribution in [2.24, 2.45) is 0 Å². The van der Waals surface area contributed by atoms with Gasteiger partial charge in [-0.2, -0.15) is 0 Å². The van der Waals surface area contributed by atoms with E-state index in [1.807, 2.05) is 0 Å². The Kier molecular flexibility index (Phi) is 4.86. The van der Waals surface area contributed by atoms with Crippen LogP contribution >= 0.6 is 0 Å². The first-order chi connectivity index (χ1) is 7.49. The molecule has 0 spiro atoms. The van der Waals surface area contributed by atoms with Gasteiger partial charge in [-0.05, 0) is 18.2 Å². The van der Waals surface area contributed by atoms with E-state index < -0.39 is 25.4 Å². The van der Waals surface area contributed by atoms with Gasteiger partial charge in [0.25, 0.3) is 0 Å². The predicted octanol–water partition coefficient (Wildman–Crippen LogP) is 2.87. The monoisotopic (exact) mass is 327 g/mol. The van der Waals surface area contributed by atoms with Gasteiger partial charge in [-0.15, -0.1) is 0 Å². The topological polar surface area (TPSA) is 50.4 Å².